The van der Waals surface area contributed by atoms with E-state index < -0.39 is 30.0 Å². The van der Waals surface area contributed by atoms with Gasteiger partial charge in [0.2, 0.25) is 0 Å². The molecule has 0 aliphatic rings. The molecule has 0 aliphatic heterocycles. The van der Waals surface area contributed by atoms with E-state index in [-0.39, 0.29) is 0 Å². The van der Waals surface area contributed by atoms with Gasteiger partial charge in [-0.2, -0.15) is 16.8 Å². The van der Waals surface area contributed by atoms with Crippen LogP contribution in [-0.2, 0) is 20.2 Å². The molecule has 1 radical (unpaired) electrons. The maximum Gasteiger partial charge on any atom is 0.296 e. The fourth-order valence-electron chi connectivity index (χ4n) is 1.51. The molecule has 2 rings (SSSR count). The number of rotatable bonds is 2. The van der Waals surface area contributed by atoms with Crippen LogP contribution >= 0.6 is 0 Å². The van der Waals surface area contributed by atoms with Crippen molar-refractivity contribution in [2.24, 2.45) is 0 Å². The maximum atomic E-state index is 11.1. The molecular formula is C10H7O6S2. The largest absolute Gasteiger partial charge is 0.296 e. The van der Waals surface area contributed by atoms with Crippen molar-refractivity contribution in [1.29, 1.82) is 0 Å². The quantitative estimate of drug-likeness (QED) is 0.801. The Labute approximate surface area is 103 Å². The Morgan fingerprint density at radius 2 is 1.56 bits per heavy atom. The van der Waals surface area contributed by atoms with Crippen molar-refractivity contribution in [3.8, 4) is 0 Å². The van der Waals surface area contributed by atoms with Crippen LogP contribution in [0, 0.1) is 6.07 Å². The van der Waals surface area contributed by atoms with E-state index in [0.29, 0.717) is 10.8 Å². The van der Waals surface area contributed by atoms with Crippen LogP contribution in [0.4, 0.5) is 0 Å². The molecular weight excluding hydrogens is 280 g/mol. The Morgan fingerprint density at radius 1 is 0.944 bits per heavy atom. The van der Waals surface area contributed by atoms with Gasteiger partial charge in [0.05, 0.1) is 0 Å². The van der Waals surface area contributed by atoms with Gasteiger partial charge in [0.15, 0.2) is 0 Å². The summed E-state index contributed by atoms with van der Waals surface area (Å²) in [6, 6.07) is 9.45. The van der Waals surface area contributed by atoms with E-state index in [1.165, 1.54) is 12.1 Å². The van der Waals surface area contributed by atoms with Crippen molar-refractivity contribution in [3.63, 3.8) is 0 Å². The molecule has 0 saturated heterocycles. The topological polar surface area (TPSA) is 109 Å². The first-order valence-electron chi connectivity index (χ1n) is 4.59. The highest BCUT2D eigenvalue weighted by Gasteiger charge is 2.24. The lowest BCUT2D eigenvalue weighted by atomic mass is 10.1. The van der Waals surface area contributed by atoms with Crippen LogP contribution < -0.4 is 0 Å². The molecule has 0 bridgehead atoms. The molecule has 2 aromatic carbocycles. The van der Waals surface area contributed by atoms with Crippen LogP contribution in [0.15, 0.2) is 40.1 Å². The summed E-state index contributed by atoms with van der Waals surface area (Å²) < 4.78 is 62.3. The Hall–Kier alpha value is -1.48. The molecule has 18 heavy (non-hydrogen) atoms. The molecule has 0 spiro atoms. The Morgan fingerprint density at radius 3 is 2.11 bits per heavy atom. The van der Waals surface area contributed by atoms with Crippen molar-refractivity contribution < 1.29 is 25.9 Å². The van der Waals surface area contributed by atoms with E-state index in [9.17, 15) is 16.8 Å². The zero-order chi connectivity index (χ0) is 13.6. The Balaban J connectivity index is 2.99. The standard InChI is InChI=1S/C10H7O6S2/c11-17(12,13)9-5-7-3-1-2-4-8(7)6-10(9)18(14,15)16/h1-5H,(H,11,12,13)(H,14,15,16). The highest BCUT2D eigenvalue weighted by Crippen LogP contribution is 2.26. The molecule has 2 aromatic rings. The minimum atomic E-state index is -4.80. The van der Waals surface area contributed by atoms with Crippen LogP contribution in [0.2, 0.25) is 0 Å². The predicted octanol–water partition coefficient (Wildman–Crippen LogP) is 1.13. The van der Waals surface area contributed by atoms with Crippen LogP contribution in [0.1, 0.15) is 0 Å². The third-order valence-electron chi connectivity index (χ3n) is 2.26. The first kappa shape index (κ1) is 13.0. The van der Waals surface area contributed by atoms with Crippen LogP contribution in [0.3, 0.4) is 0 Å². The summed E-state index contributed by atoms with van der Waals surface area (Å²) in [6.45, 7) is 0. The van der Waals surface area contributed by atoms with Crippen molar-refractivity contribution in [2.75, 3.05) is 0 Å². The summed E-state index contributed by atoms with van der Waals surface area (Å²) in [5.41, 5.74) is 0. The van der Waals surface area contributed by atoms with Crippen LogP contribution in [0.5, 0.6) is 0 Å². The molecule has 0 aliphatic carbocycles. The molecule has 95 valence electrons. The third-order valence-corrected chi connectivity index (χ3v) is 4.10. The van der Waals surface area contributed by atoms with Crippen LogP contribution in [-0.4, -0.2) is 25.9 Å². The molecule has 2 N–H and O–H groups in total. The minimum absolute atomic E-state index is 0.303. The third kappa shape index (κ3) is 2.36. The van der Waals surface area contributed by atoms with Gasteiger partial charge in [-0.25, -0.2) is 0 Å². The fraction of sp³-hybridized carbons (Fsp3) is 0. The predicted molar refractivity (Wildman–Crippen MR) is 62.4 cm³/mol. The summed E-state index contributed by atoms with van der Waals surface area (Å²) in [6.07, 6.45) is 0. The van der Waals surface area contributed by atoms with E-state index in [0.717, 1.165) is 6.07 Å². The van der Waals surface area contributed by atoms with Crippen molar-refractivity contribution in [1.82, 2.24) is 0 Å². The zero-order valence-electron chi connectivity index (χ0n) is 8.73. The second-order valence-electron chi connectivity index (χ2n) is 3.50. The lowest BCUT2D eigenvalue weighted by Crippen LogP contribution is -2.08. The highest BCUT2D eigenvalue weighted by molar-refractivity contribution is 7.89. The Bertz CT molecular complexity index is 750. The van der Waals surface area contributed by atoms with Gasteiger partial charge in [0.25, 0.3) is 20.2 Å². The van der Waals surface area contributed by atoms with E-state index >= 15 is 0 Å². The van der Waals surface area contributed by atoms with Gasteiger partial charge in [-0.1, -0.05) is 24.3 Å². The van der Waals surface area contributed by atoms with Crippen molar-refractivity contribution in [2.45, 2.75) is 9.79 Å². The molecule has 8 heteroatoms. The molecule has 0 fully saturated rings. The molecule has 0 unspecified atom stereocenters. The fourth-order valence-corrected chi connectivity index (χ4v) is 3.26. The normalized spacial score (nSPS) is 12.8. The zero-order valence-corrected chi connectivity index (χ0v) is 10.4. The van der Waals surface area contributed by atoms with Gasteiger partial charge in [-0.3, -0.25) is 9.11 Å². The van der Waals surface area contributed by atoms with Crippen LogP contribution in [0.25, 0.3) is 10.8 Å². The second kappa shape index (κ2) is 4.02. The summed E-state index contributed by atoms with van der Waals surface area (Å²) in [7, 11) is -9.58. The van der Waals surface area contributed by atoms with E-state index in [4.69, 9.17) is 9.11 Å². The SMILES string of the molecule is O=S(=O)(O)c1[c]c2ccccc2cc1S(=O)(=O)O. The highest BCUT2D eigenvalue weighted by atomic mass is 32.2. The van der Waals surface area contributed by atoms with Gasteiger partial charge < -0.3 is 0 Å². The monoisotopic (exact) mass is 287 g/mol. The maximum absolute atomic E-state index is 11.1. The van der Waals surface area contributed by atoms with Gasteiger partial charge in [-0.05, 0) is 16.8 Å². The minimum Gasteiger partial charge on any atom is -0.282 e. The first-order chi connectivity index (χ1) is 8.19. The van der Waals surface area contributed by atoms with Crippen molar-refractivity contribution in [3.05, 3.63) is 36.4 Å². The van der Waals surface area contributed by atoms with E-state index in [1.807, 2.05) is 0 Å². The molecule has 0 heterocycles. The molecule has 0 saturated carbocycles. The van der Waals surface area contributed by atoms with Gasteiger partial charge in [0, 0.05) is 6.07 Å². The number of benzene rings is 2. The Kier molecular flexibility index (Phi) is 2.90. The number of fused-ring (bicyclic) bond motifs is 1. The summed E-state index contributed by atoms with van der Waals surface area (Å²) >= 11 is 0. The second-order valence-corrected chi connectivity index (χ2v) is 6.25. The van der Waals surface area contributed by atoms with Crippen molar-refractivity contribution >= 4 is 31.0 Å². The lowest BCUT2D eigenvalue weighted by molar-refractivity contribution is 0.466. The molecule has 0 amide bonds. The average Bonchev–Trinajstić information content (AvgIpc) is 2.25. The molecule has 6 nitrogen and oxygen atoms in total. The smallest absolute Gasteiger partial charge is 0.282 e. The van der Waals surface area contributed by atoms with Gasteiger partial charge >= 0.3 is 0 Å². The lowest BCUT2D eigenvalue weighted by Gasteiger charge is -2.06. The van der Waals surface area contributed by atoms with Gasteiger partial charge in [0.1, 0.15) is 9.79 Å². The summed E-state index contributed by atoms with van der Waals surface area (Å²) in [5.74, 6) is 0. The average molecular weight is 287 g/mol. The van der Waals surface area contributed by atoms with E-state index in [2.05, 4.69) is 6.07 Å². The first-order valence-corrected chi connectivity index (χ1v) is 7.47. The van der Waals surface area contributed by atoms with E-state index in [1.54, 1.807) is 12.1 Å². The molecule has 0 atom stereocenters. The summed E-state index contributed by atoms with van der Waals surface area (Å²) in [4.78, 5) is -1.87. The molecule has 0 aromatic heterocycles. The summed E-state index contributed by atoms with van der Waals surface area (Å²) in [5, 5.41) is 0.676. The van der Waals surface area contributed by atoms with Gasteiger partial charge in [-0.15, -0.1) is 0 Å². The number of hydrogen-bond acceptors (Lipinski definition) is 4. The number of hydrogen-bond donors (Lipinski definition) is 2.